The third kappa shape index (κ3) is 3.06. The second kappa shape index (κ2) is 7.14. The number of imidazole rings is 1. The zero-order valence-corrected chi connectivity index (χ0v) is 16.2. The first-order valence-electron chi connectivity index (χ1n) is 9.32. The van der Waals surface area contributed by atoms with Crippen molar-refractivity contribution in [1.82, 2.24) is 14.3 Å². The number of carbonyl (C=O) groups is 1. The number of ether oxygens (including phenoxy) is 1. The van der Waals surface area contributed by atoms with Gasteiger partial charge in [0.15, 0.2) is 5.69 Å². The first-order valence-corrected chi connectivity index (χ1v) is 9.32. The van der Waals surface area contributed by atoms with Gasteiger partial charge in [-0.05, 0) is 49.7 Å². The van der Waals surface area contributed by atoms with Crippen LogP contribution in [0.2, 0.25) is 0 Å². The van der Waals surface area contributed by atoms with E-state index >= 15 is 0 Å². The third-order valence-corrected chi connectivity index (χ3v) is 5.32. The van der Waals surface area contributed by atoms with Crippen LogP contribution in [0.3, 0.4) is 0 Å². The van der Waals surface area contributed by atoms with E-state index in [2.05, 4.69) is 9.88 Å². The van der Waals surface area contributed by atoms with Gasteiger partial charge in [0, 0.05) is 37.6 Å². The zero-order valence-electron chi connectivity index (χ0n) is 16.2. The second-order valence-electron chi connectivity index (χ2n) is 7.13. The van der Waals surface area contributed by atoms with Gasteiger partial charge in [-0.25, -0.2) is 4.98 Å². The largest absolute Gasteiger partial charge is 0.497 e. The summed E-state index contributed by atoms with van der Waals surface area (Å²) in [7, 11) is 1.64. The van der Waals surface area contributed by atoms with E-state index in [0.29, 0.717) is 25.3 Å². The van der Waals surface area contributed by atoms with Gasteiger partial charge in [-0.2, -0.15) is 4.39 Å². The maximum atomic E-state index is 14.8. The summed E-state index contributed by atoms with van der Waals surface area (Å²) in [4.78, 5) is 21.2. The maximum absolute atomic E-state index is 14.8. The zero-order chi connectivity index (χ0) is 19.8. The highest BCUT2D eigenvalue weighted by Crippen LogP contribution is 2.24. The van der Waals surface area contributed by atoms with Gasteiger partial charge >= 0.3 is 0 Å². The normalized spacial score (nSPS) is 17.2. The molecular formula is C21H23FN4O2. The first kappa shape index (κ1) is 18.3. The van der Waals surface area contributed by atoms with E-state index in [1.807, 2.05) is 44.2 Å². The Kier molecular flexibility index (Phi) is 4.66. The number of amides is 1. The lowest BCUT2D eigenvalue weighted by Crippen LogP contribution is -2.54. The van der Waals surface area contributed by atoms with Gasteiger partial charge in [0.25, 0.3) is 5.91 Å². The van der Waals surface area contributed by atoms with Crippen molar-refractivity contribution in [1.29, 1.82) is 0 Å². The molecule has 4 rings (SSSR count). The topological polar surface area (TPSA) is 50.1 Å². The Hall–Kier alpha value is -3.09. The molecule has 0 spiro atoms. The fourth-order valence-electron chi connectivity index (χ4n) is 3.73. The fourth-order valence-corrected chi connectivity index (χ4v) is 3.73. The Morgan fingerprint density at radius 1 is 1.21 bits per heavy atom. The number of carbonyl (C=O) groups excluding carboxylic acids is 1. The highest BCUT2D eigenvalue weighted by atomic mass is 19.1. The predicted octanol–water partition coefficient (Wildman–Crippen LogP) is 3.14. The van der Waals surface area contributed by atoms with Crippen molar-refractivity contribution < 1.29 is 13.9 Å². The number of methoxy groups -OCH3 is 1. The number of aromatic nitrogens is 2. The number of rotatable bonds is 3. The van der Waals surface area contributed by atoms with Crippen LogP contribution in [0.15, 0.2) is 42.6 Å². The number of fused-ring (bicyclic) bond motifs is 1. The molecule has 1 atom stereocenters. The van der Waals surface area contributed by atoms with Gasteiger partial charge in [0.2, 0.25) is 5.95 Å². The van der Waals surface area contributed by atoms with E-state index in [0.717, 1.165) is 17.0 Å². The SMILES string of the molecule is COc1ccc(N2CCN(C(=O)c3nc4c(C)cccn4c3F)[C@H](C)C2)cc1. The first-order chi connectivity index (χ1) is 13.5. The summed E-state index contributed by atoms with van der Waals surface area (Å²) in [5, 5.41) is 0. The maximum Gasteiger partial charge on any atom is 0.277 e. The fraction of sp³-hybridized carbons (Fsp3) is 0.333. The minimum Gasteiger partial charge on any atom is -0.497 e. The molecule has 7 heteroatoms. The molecule has 0 bridgehead atoms. The monoisotopic (exact) mass is 382 g/mol. The predicted molar refractivity (Wildman–Crippen MR) is 106 cm³/mol. The lowest BCUT2D eigenvalue weighted by molar-refractivity contribution is 0.0663. The molecule has 2 aromatic heterocycles. The highest BCUT2D eigenvalue weighted by molar-refractivity contribution is 5.93. The van der Waals surface area contributed by atoms with Crippen LogP contribution in [0.5, 0.6) is 5.75 Å². The van der Waals surface area contributed by atoms with Crippen LogP contribution in [-0.4, -0.2) is 53.0 Å². The molecule has 0 N–H and O–H groups in total. The van der Waals surface area contributed by atoms with Crippen molar-refractivity contribution >= 4 is 17.2 Å². The summed E-state index contributed by atoms with van der Waals surface area (Å²) in [5.41, 5.74) is 2.28. The molecule has 6 nitrogen and oxygen atoms in total. The number of piperazine rings is 1. The standard InChI is InChI=1S/C21H23FN4O2/c1-14-5-4-10-26-19(22)18(23-20(14)26)21(27)25-12-11-24(13-15(25)2)16-6-8-17(28-3)9-7-16/h4-10,15H,11-13H2,1-3H3/t15-/m1/s1. The van der Waals surface area contributed by atoms with E-state index in [4.69, 9.17) is 4.74 Å². The van der Waals surface area contributed by atoms with Crippen molar-refractivity contribution in [2.75, 3.05) is 31.6 Å². The Labute approximate surface area is 163 Å². The van der Waals surface area contributed by atoms with Crippen LogP contribution in [-0.2, 0) is 0 Å². The van der Waals surface area contributed by atoms with E-state index in [1.165, 1.54) is 4.40 Å². The number of hydrogen-bond acceptors (Lipinski definition) is 4. The smallest absolute Gasteiger partial charge is 0.277 e. The van der Waals surface area contributed by atoms with Crippen molar-refractivity contribution in [3.63, 3.8) is 0 Å². The Bertz CT molecular complexity index is 1020. The van der Waals surface area contributed by atoms with Crippen LogP contribution in [0.25, 0.3) is 5.65 Å². The number of nitrogens with zero attached hydrogens (tertiary/aromatic N) is 4. The van der Waals surface area contributed by atoms with Gasteiger partial charge in [0.1, 0.15) is 11.4 Å². The molecule has 1 aromatic carbocycles. The third-order valence-electron chi connectivity index (χ3n) is 5.32. The van der Waals surface area contributed by atoms with E-state index in [1.54, 1.807) is 24.3 Å². The number of hydrogen-bond donors (Lipinski definition) is 0. The van der Waals surface area contributed by atoms with Gasteiger partial charge in [-0.3, -0.25) is 9.20 Å². The van der Waals surface area contributed by atoms with Crippen molar-refractivity contribution in [2.45, 2.75) is 19.9 Å². The molecule has 1 fully saturated rings. The summed E-state index contributed by atoms with van der Waals surface area (Å²) in [6.07, 6.45) is 1.59. The summed E-state index contributed by atoms with van der Waals surface area (Å²) in [6.45, 7) is 5.69. The number of benzene rings is 1. The van der Waals surface area contributed by atoms with Crippen LogP contribution >= 0.6 is 0 Å². The van der Waals surface area contributed by atoms with Gasteiger partial charge in [0.05, 0.1) is 7.11 Å². The molecular weight excluding hydrogens is 359 g/mol. The highest BCUT2D eigenvalue weighted by Gasteiger charge is 2.32. The van der Waals surface area contributed by atoms with E-state index in [9.17, 15) is 9.18 Å². The molecule has 3 heterocycles. The molecule has 1 amide bonds. The molecule has 0 aliphatic carbocycles. The molecule has 28 heavy (non-hydrogen) atoms. The summed E-state index contributed by atoms with van der Waals surface area (Å²) >= 11 is 0. The number of aryl methyl sites for hydroxylation is 1. The second-order valence-corrected chi connectivity index (χ2v) is 7.13. The van der Waals surface area contributed by atoms with Crippen LogP contribution in [0.4, 0.5) is 10.1 Å². The van der Waals surface area contributed by atoms with Gasteiger partial charge in [-0.1, -0.05) is 6.07 Å². The van der Waals surface area contributed by atoms with Crippen LogP contribution in [0.1, 0.15) is 23.0 Å². The van der Waals surface area contributed by atoms with Gasteiger partial charge in [-0.15, -0.1) is 0 Å². The van der Waals surface area contributed by atoms with E-state index in [-0.39, 0.29) is 17.6 Å². The average Bonchev–Trinajstić information content (AvgIpc) is 3.05. The Morgan fingerprint density at radius 2 is 1.96 bits per heavy atom. The van der Waals surface area contributed by atoms with Gasteiger partial charge < -0.3 is 14.5 Å². The van der Waals surface area contributed by atoms with E-state index < -0.39 is 5.95 Å². The van der Waals surface area contributed by atoms with Crippen molar-refractivity contribution in [3.8, 4) is 5.75 Å². The molecule has 1 aliphatic rings. The minimum atomic E-state index is -0.603. The van der Waals surface area contributed by atoms with Crippen LogP contribution in [0, 0.1) is 12.9 Å². The number of halogens is 1. The Balaban J connectivity index is 1.54. The molecule has 146 valence electrons. The van der Waals surface area contributed by atoms with Crippen molar-refractivity contribution in [2.24, 2.45) is 0 Å². The molecule has 1 aliphatic heterocycles. The van der Waals surface area contributed by atoms with Crippen molar-refractivity contribution in [3.05, 3.63) is 59.8 Å². The minimum absolute atomic E-state index is 0.0614. The molecule has 0 unspecified atom stereocenters. The average molecular weight is 382 g/mol. The Morgan fingerprint density at radius 3 is 2.61 bits per heavy atom. The molecule has 0 radical (unpaired) electrons. The number of anilines is 1. The molecule has 0 saturated carbocycles. The lowest BCUT2D eigenvalue weighted by atomic mass is 10.1. The summed E-state index contributed by atoms with van der Waals surface area (Å²) in [5.74, 6) is -0.154. The molecule has 1 saturated heterocycles. The summed E-state index contributed by atoms with van der Waals surface area (Å²) in [6, 6.07) is 11.4. The quantitative estimate of drug-likeness (QED) is 0.698. The lowest BCUT2D eigenvalue weighted by Gasteiger charge is -2.40. The molecule has 3 aromatic rings. The summed E-state index contributed by atoms with van der Waals surface area (Å²) < 4.78 is 21.3. The number of pyridine rings is 1. The van der Waals surface area contributed by atoms with Crippen LogP contribution < -0.4 is 9.64 Å².